The lowest BCUT2D eigenvalue weighted by atomic mass is 9.96. The fourth-order valence-electron chi connectivity index (χ4n) is 7.53. The zero-order valence-electron chi connectivity index (χ0n) is 26.1. The van der Waals surface area contributed by atoms with Crippen molar-refractivity contribution in [3.8, 4) is 11.1 Å². The standard InChI is InChI=1S/C46H29NS/c1-2-10-30(11-3-1)34-14-8-15-36(28-34)47(43-19-9-18-41-42-26-24-32-13-5-7-17-40(32)45(42)48-46(41)43)37-25-27-39-35(29-37)23-22-33-21-20-31-12-4-6-16-38(31)44(33)39/h1-29H. The van der Waals surface area contributed by atoms with Gasteiger partial charge in [0.05, 0.1) is 10.4 Å². The number of benzene rings is 9. The highest BCUT2D eigenvalue weighted by atomic mass is 32.1. The molecule has 0 aliphatic heterocycles. The van der Waals surface area contributed by atoms with Crippen LogP contribution in [0.25, 0.3) is 74.4 Å². The second-order valence-corrected chi connectivity index (χ2v) is 13.5. The smallest absolute Gasteiger partial charge is 0.0640 e. The number of hydrogen-bond donors (Lipinski definition) is 0. The number of rotatable bonds is 4. The summed E-state index contributed by atoms with van der Waals surface area (Å²) in [5, 5.41) is 12.8. The van der Waals surface area contributed by atoms with Gasteiger partial charge in [-0.2, -0.15) is 0 Å². The number of anilines is 3. The number of nitrogens with zero attached hydrogens (tertiary/aromatic N) is 1. The minimum Gasteiger partial charge on any atom is -0.309 e. The molecule has 9 aromatic carbocycles. The van der Waals surface area contributed by atoms with E-state index in [9.17, 15) is 0 Å². The third-order valence-corrected chi connectivity index (χ3v) is 11.1. The molecule has 10 aromatic rings. The van der Waals surface area contributed by atoms with Gasteiger partial charge < -0.3 is 4.90 Å². The van der Waals surface area contributed by atoms with Crippen molar-refractivity contribution in [3.05, 3.63) is 176 Å². The third-order valence-electron chi connectivity index (χ3n) is 9.79. The van der Waals surface area contributed by atoms with Crippen molar-refractivity contribution in [1.29, 1.82) is 0 Å². The molecule has 10 rings (SSSR count). The molecule has 0 amide bonds. The molecule has 0 radical (unpaired) electrons. The van der Waals surface area contributed by atoms with Crippen molar-refractivity contribution >= 4 is 91.7 Å². The summed E-state index contributed by atoms with van der Waals surface area (Å²) in [5.74, 6) is 0. The molecular formula is C46H29NS. The first-order valence-corrected chi connectivity index (χ1v) is 17.2. The molecule has 0 saturated heterocycles. The van der Waals surface area contributed by atoms with E-state index in [1.165, 1.54) is 80.1 Å². The van der Waals surface area contributed by atoms with Crippen LogP contribution in [0.2, 0.25) is 0 Å². The Bertz CT molecular complexity index is 2850. The van der Waals surface area contributed by atoms with Gasteiger partial charge in [0.2, 0.25) is 0 Å². The fourth-order valence-corrected chi connectivity index (χ4v) is 8.87. The van der Waals surface area contributed by atoms with Crippen LogP contribution in [0.3, 0.4) is 0 Å². The Hall–Kier alpha value is -5.96. The van der Waals surface area contributed by atoms with Crippen LogP contribution in [0, 0.1) is 0 Å². The first-order valence-electron chi connectivity index (χ1n) is 16.4. The molecule has 0 atom stereocenters. The molecule has 48 heavy (non-hydrogen) atoms. The summed E-state index contributed by atoms with van der Waals surface area (Å²) < 4.78 is 2.63. The Morgan fingerprint density at radius 1 is 0.333 bits per heavy atom. The molecule has 0 unspecified atom stereocenters. The van der Waals surface area contributed by atoms with Crippen molar-refractivity contribution in [2.45, 2.75) is 0 Å². The summed E-state index contributed by atoms with van der Waals surface area (Å²) in [5.41, 5.74) is 5.88. The maximum Gasteiger partial charge on any atom is 0.0640 e. The maximum atomic E-state index is 2.46. The zero-order valence-corrected chi connectivity index (χ0v) is 26.9. The monoisotopic (exact) mass is 627 g/mol. The van der Waals surface area contributed by atoms with E-state index < -0.39 is 0 Å². The van der Waals surface area contributed by atoms with E-state index in [4.69, 9.17) is 0 Å². The largest absolute Gasteiger partial charge is 0.309 e. The Morgan fingerprint density at radius 3 is 1.79 bits per heavy atom. The second-order valence-electron chi connectivity index (χ2n) is 12.5. The van der Waals surface area contributed by atoms with Gasteiger partial charge in [0.25, 0.3) is 0 Å². The zero-order chi connectivity index (χ0) is 31.6. The quantitative estimate of drug-likeness (QED) is 0.176. The Labute approximate surface area is 282 Å². The summed E-state index contributed by atoms with van der Waals surface area (Å²) in [6.07, 6.45) is 0. The van der Waals surface area contributed by atoms with E-state index in [-0.39, 0.29) is 0 Å². The second kappa shape index (κ2) is 10.8. The molecule has 1 nitrogen and oxygen atoms in total. The van der Waals surface area contributed by atoms with E-state index in [1.54, 1.807) is 0 Å². The lowest BCUT2D eigenvalue weighted by Gasteiger charge is -2.27. The molecule has 224 valence electrons. The van der Waals surface area contributed by atoms with Gasteiger partial charge in [0, 0.05) is 26.8 Å². The molecule has 2 heteroatoms. The topological polar surface area (TPSA) is 3.24 Å². The normalized spacial score (nSPS) is 11.8. The van der Waals surface area contributed by atoms with E-state index in [0.717, 1.165) is 11.4 Å². The predicted molar refractivity (Wildman–Crippen MR) is 209 cm³/mol. The highest BCUT2D eigenvalue weighted by Crippen LogP contribution is 2.47. The van der Waals surface area contributed by atoms with Gasteiger partial charge in [-0.1, -0.05) is 146 Å². The van der Waals surface area contributed by atoms with Crippen LogP contribution in [0.5, 0.6) is 0 Å². The average Bonchev–Trinajstić information content (AvgIpc) is 3.55. The fraction of sp³-hybridized carbons (Fsp3) is 0. The first-order chi connectivity index (χ1) is 23.8. The molecule has 0 N–H and O–H groups in total. The molecule has 0 fully saturated rings. The predicted octanol–water partition coefficient (Wildman–Crippen LogP) is 13.8. The number of fused-ring (bicyclic) bond motifs is 10. The maximum absolute atomic E-state index is 2.46. The van der Waals surface area contributed by atoms with Gasteiger partial charge >= 0.3 is 0 Å². The average molecular weight is 628 g/mol. The van der Waals surface area contributed by atoms with Crippen molar-refractivity contribution in [1.82, 2.24) is 0 Å². The molecule has 0 aliphatic carbocycles. The van der Waals surface area contributed by atoms with E-state index >= 15 is 0 Å². The number of hydrogen-bond acceptors (Lipinski definition) is 2. The molecule has 1 heterocycles. The SMILES string of the molecule is c1ccc(-c2cccc(N(c3ccc4c(ccc5ccc6ccccc6c54)c3)c3cccc4c3sc3c5ccccc5ccc43)c2)cc1. The minimum atomic E-state index is 1.14. The van der Waals surface area contributed by atoms with Crippen LogP contribution in [0.4, 0.5) is 17.1 Å². The minimum absolute atomic E-state index is 1.14. The molecule has 0 bridgehead atoms. The van der Waals surface area contributed by atoms with Gasteiger partial charge in [0.1, 0.15) is 0 Å². The van der Waals surface area contributed by atoms with Crippen LogP contribution in [0.1, 0.15) is 0 Å². The lowest BCUT2D eigenvalue weighted by molar-refractivity contribution is 1.31. The van der Waals surface area contributed by atoms with Crippen LogP contribution in [0.15, 0.2) is 176 Å². The molecule has 0 spiro atoms. The molecular weight excluding hydrogens is 599 g/mol. The highest BCUT2D eigenvalue weighted by Gasteiger charge is 2.20. The van der Waals surface area contributed by atoms with Crippen LogP contribution in [-0.4, -0.2) is 0 Å². The summed E-state index contributed by atoms with van der Waals surface area (Å²) in [7, 11) is 0. The Balaban J connectivity index is 1.25. The van der Waals surface area contributed by atoms with Crippen molar-refractivity contribution in [2.24, 2.45) is 0 Å². The molecule has 1 aromatic heterocycles. The van der Waals surface area contributed by atoms with Crippen LogP contribution < -0.4 is 4.90 Å². The Kier molecular flexibility index (Phi) is 6.12. The van der Waals surface area contributed by atoms with Gasteiger partial charge in [-0.3, -0.25) is 0 Å². The number of thiophene rings is 1. The van der Waals surface area contributed by atoms with Crippen LogP contribution >= 0.6 is 11.3 Å². The lowest BCUT2D eigenvalue weighted by Crippen LogP contribution is -2.10. The van der Waals surface area contributed by atoms with E-state index in [2.05, 4.69) is 181 Å². The highest BCUT2D eigenvalue weighted by molar-refractivity contribution is 7.27. The van der Waals surface area contributed by atoms with E-state index in [1.807, 2.05) is 11.3 Å². The van der Waals surface area contributed by atoms with Gasteiger partial charge in [-0.25, -0.2) is 0 Å². The van der Waals surface area contributed by atoms with Gasteiger partial charge in [0.15, 0.2) is 0 Å². The summed E-state index contributed by atoms with van der Waals surface area (Å²) >= 11 is 1.90. The summed E-state index contributed by atoms with van der Waals surface area (Å²) in [6, 6.07) is 64.5. The molecule has 0 aliphatic rings. The Morgan fingerprint density at radius 2 is 0.917 bits per heavy atom. The summed E-state index contributed by atoms with van der Waals surface area (Å²) in [4.78, 5) is 2.46. The van der Waals surface area contributed by atoms with E-state index in [0.29, 0.717) is 0 Å². The van der Waals surface area contributed by atoms with Crippen molar-refractivity contribution < 1.29 is 0 Å². The first kappa shape index (κ1) is 27.2. The van der Waals surface area contributed by atoms with Crippen molar-refractivity contribution in [3.63, 3.8) is 0 Å². The summed E-state index contributed by atoms with van der Waals surface area (Å²) in [6.45, 7) is 0. The van der Waals surface area contributed by atoms with Crippen molar-refractivity contribution in [2.75, 3.05) is 4.90 Å². The van der Waals surface area contributed by atoms with Crippen LogP contribution in [-0.2, 0) is 0 Å². The van der Waals surface area contributed by atoms with Gasteiger partial charge in [-0.15, -0.1) is 11.3 Å². The third kappa shape index (κ3) is 4.24. The molecule has 0 saturated carbocycles. The van der Waals surface area contributed by atoms with Gasteiger partial charge in [-0.05, 0) is 84.5 Å².